The van der Waals surface area contributed by atoms with Gasteiger partial charge < -0.3 is 20.9 Å². The number of nitrogens with one attached hydrogen (secondary N) is 1. The van der Waals surface area contributed by atoms with E-state index in [1.54, 1.807) is 43.3 Å². The summed E-state index contributed by atoms with van der Waals surface area (Å²) in [6.45, 7) is 5.45. The second kappa shape index (κ2) is 8.91. The molecule has 0 saturated carbocycles. The molecular weight excluding hydrogens is 358 g/mol. The standard InChI is InChI=1S/C21H23N3O4/c1-12(2)16-9-17(13(3)8-18(16)28-11-19(23)25)20(21(26)27)24-15-6-4-14(10-22)5-7-15/h4-9,12,20,24H,11H2,1-3H3,(H2,23,25)(H,26,27). The van der Waals surface area contributed by atoms with E-state index >= 15 is 0 Å². The number of aliphatic carboxylic acids is 1. The third kappa shape index (κ3) is 5.01. The highest BCUT2D eigenvalue weighted by molar-refractivity contribution is 5.80. The van der Waals surface area contributed by atoms with Crippen molar-refractivity contribution in [1.29, 1.82) is 5.26 Å². The number of anilines is 1. The Labute approximate surface area is 163 Å². The van der Waals surface area contributed by atoms with Crippen molar-refractivity contribution in [2.24, 2.45) is 5.73 Å². The minimum atomic E-state index is -1.03. The van der Waals surface area contributed by atoms with Crippen LogP contribution in [0.4, 0.5) is 5.69 Å². The number of hydrogen-bond acceptors (Lipinski definition) is 5. The van der Waals surface area contributed by atoms with Gasteiger partial charge in [-0.2, -0.15) is 5.26 Å². The maximum atomic E-state index is 12.0. The number of nitrogens with two attached hydrogens (primary N) is 1. The summed E-state index contributed by atoms with van der Waals surface area (Å²) in [4.78, 5) is 23.0. The number of nitriles is 1. The number of hydrogen-bond donors (Lipinski definition) is 3. The van der Waals surface area contributed by atoms with Crippen LogP contribution in [0.25, 0.3) is 0 Å². The number of amides is 1. The van der Waals surface area contributed by atoms with Gasteiger partial charge in [0.2, 0.25) is 0 Å². The van der Waals surface area contributed by atoms with Crippen LogP contribution in [0.1, 0.15) is 48.1 Å². The van der Waals surface area contributed by atoms with Gasteiger partial charge in [0.25, 0.3) is 5.91 Å². The van der Waals surface area contributed by atoms with Crippen molar-refractivity contribution in [2.75, 3.05) is 11.9 Å². The third-order valence-corrected chi connectivity index (χ3v) is 4.27. The van der Waals surface area contributed by atoms with Crippen LogP contribution >= 0.6 is 0 Å². The van der Waals surface area contributed by atoms with Gasteiger partial charge in [0.1, 0.15) is 5.75 Å². The van der Waals surface area contributed by atoms with Gasteiger partial charge in [-0.15, -0.1) is 0 Å². The lowest BCUT2D eigenvalue weighted by Crippen LogP contribution is -2.23. The summed E-state index contributed by atoms with van der Waals surface area (Å²) in [7, 11) is 0. The molecule has 7 heteroatoms. The molecule has 2 aromatic carbocycles. The Balaban J connectivity index is 2.42. The summed E-state index contributed by atoms with van der Waals surface area (Å²) in [5.41, 5.74) is 8.32. The van der Waals surface area contributed by atoms with Crippen LogP contribution in [0.2, 0.25) is 0 Å². The van der Waals surface area contributed by atoms with Crippen molar-refractivity contribution in [3.63, 3.8) is 0 Å². The Bertz CT molecular complexity index is 914. The molecule has 0 aliphatic carbocycles. The van der Waals surface area contributed by atoms with E-state index in [2.05, 4.69) is 5.32 Å². The Morgan fingerprint density at radius 2 is 1.86 bits per heavy atom. The largest absolute Gasteiger partial charge is 0.483 e. The molecule has 0 heterocycles. The van der Waals surface area contributed by atoms with Crippen LogP contribution in [0, 0.1) is 18.3 Å². The van der Waals surface area contributed by atoms with Gasteiger partial charge in [0.15, 0.2) is 12.6 Å². The Morgan fingerprint density at radius 3 is 2.36 bits per heavy atom. The van der Waals surface area contributed by atoms with Crippen LogP contribution in [0.5, 0.6) is 5.75 Å². The number of ether oxygens (including phenoxy) is 1. The van der Waals surface area contributed by atoms with Crippen molar-refractivity contribution in [1.82, 2.24) is 0 Å². The molecule has 1 atom stereocenters. The number of carboxylic acid groups (broad SMARTS) is 1. The number of carbonyl (C=O) groups excluding carboxylic acids is 1. The Kier molecular flexibility index (Phi) is 6.61. The van der Waals surface area contributed by atoms with Gasteiger partial charge in [-0.1, -0.05) is 13.8 Å². The number of primary amides is 1. The van der Waals surface area contributed by atoms with Gasteiger partial charge in [-0.05, 0) is 65.9 Å². The van der Waals surface area contributed by atoms with E-state index in [1.807, 2.05) is 19.9 Å². The van der Waals surface area contributed by atoms with Gasteiger partial charge in [0.05, 0.1) is 11.6 Å². The first kappa shape index (κ1) is 20.8. The first-order valence-corrected chi connectivity index (χ1v) is 8.78. The molecule has 1 amide bonds. The van der Waals surface area contributed by atoms with E-state index < -0.39 is 17.9 Å². The molecule has 0 spiro atoms. The molecule has 0 aliphatic heterocycles. The normalized spacial score (nSPS) is 11.5. The Morgan fingerprint density at radius 1 is 1.21 bits per heavy atom. The smallest absolute Gasteiger partial charge is 0.330 e. The van der Waals surface area contributed by atoms with Crippen molar-refractivity contribution in [3.8, 4) is 11.8 Å². The van der Waals surface area contributed by atoms with E-state index in [1.165, 1.54) is 0 Å². The summed E-state index contributed by atoms with van der Waals surface area (Å²) < 4.78 is 5.51. The lowest BCUT2D eigenvalue weighted by molar-refractivity contribution is -0.138. The maximum absolute atomic E-state index is 12.0. The number of rotatable bonds is 8. The zero-order chi connectivity index (χ0) is 20.8. The molecule has 7 nitrogen and oxygen atoms in total. The molecule has 2 rings (SSSR count). The van der Waals surface area contributed by atoms with E-state index in [0.717, 1.165) is 5.56 Å². The van der Waals surface area contributed by atoms with Crippen molar-refractivity contribution >= 4 is 17.6 Å². The first-order valence-electron chi connectivity index (χ1n) is 8.78. The topological polar surface area (TPSA) is 125 Å². The summed E-state index contributed by atoms with van der Waals surface area (Å²) in [6.07, 6.45) is 0. The number of nitrogens with zero attached hydrogens (tertiary/aromatic N) is 1. The summed E-state index contributed by atoms with van der Waals surface area (Å²) in [5.74, 6) is -1.06. The fourth-order valence-electron chi connectivity index (χ4n) is 2.83. The highest BCUT2D eigenvalue weighted by Gasteiger charge is 2.24. The minimum Gasteiger partial charge on any atom is -0.483 e. The van der Waals surface area contributed by atoms with Crippen LogP contribution in [0.3, 0.4) is 0 Å². The first-order chi connectivity index (χ1) is 13.2. The molecular formula is C21H23N3O4. The molecule has 146 valence electrons. The molecule has 4 N–H and O–H groups in total. The summed E-state index contributed by atoms with van der Waals surface area (Å²) in [6, 6.07) is 11.1. The Hall–Kier alpha value is -3.53. The molecule has 0 fully saturated rings. The molecule has 2 aromatic rings. The van der Waals surface area contributed by atoms with Crippen LogP contribution < -0.4 is 15.8 Å². The highest BCUT2D eigenvalue weighted by atomic mass is 16.5. The second-order valence-electron chi connectivity index (χ2n) is 6.76. The van der Waals surface area contributed by atoms with E-state index in [9.17, 15) is 14.7 Å². The highest BCUT2D eigenvalue weighted by Crippen LogP contribution is 2.33. The van der Waals surface area contributed by atoms with Gasteiger partial charge >= 0.3 is 5.97 Å². The zero-order valence-electron chi connectivity index (χ0n) is 16.0. The molecule has 0 saturated heterocycles. The van der Waals surface area contributed by atoms with E-state index in [4.69, 9.17) is 15.7 Å². The van der Waals surface area contributed by atoms with Crippen molar-refractivity contribution in [3.05, 3.63) is 58.7 Å². The maximum Gasteiger partial charge on any atom is 0.330 e. The van der Waals surface area contributed by atoms with Crippen LogP contribution in [-0.2, 0) is 9.59 Å². The predicted octanol–water partition coefficient (Wildman–Crippen LogP) is 3.09. The molecule has 0 radical (unpaired) electrons. The molecule has 0 aromatic heterocycles. The SMILES string of the molecule is Cc1cc(OCC(N)=O)c(C(C)C)cc1C(Nc1ccc(C#N)cc1)C(=O)O. The molecule has 1 unspecified atom stereocenters. The predicted molar refractivity (Wildman–Crippen MR) is 105 cm³/mol. The number of benzene rings is 2. The third-order valence-electron chi connectivity index (χ3n) is 4.27. The lowest BCUT2D eigenvalue weighted by atomic mass is 9.92. The molecule has 28 heavy (non-hydrogen) atoms. The summed E-state index contributed by atoms with van der Waals surface area (Å²) in [5, 5.41) is 21.7. The van der Waals surface area contributed by atoms with Crippen molar-refractivity contribution in [2.45, 2.75) is 32.7 Å². The van der Waals surface area contributed by atoms with Crippen LogP contribution in [0.15, 0.2) is 36.4 Å². The zero-order valence-corrected chi connectivity index (χ0v) is 16.0. The fourth-order valence-corrected chi connectivity index (χ4v) is 2.83. The number of carboxylic acids is 1. The average Bonchev–Trinajstić information content (AvgIpc) is 2.64. The summed E-state index contributed by atoms with van der Waals surface area (Å²) >= 11 is 0. The van der Waals surface area contributed by atoms with E-state index in [0.29, 0.717) is 28.1 Å². The quantitative estimate of drug-likeness (QED) is 0.645. The second-order valence-corrected chi connectivity index (χ2v) is 6.76. The number of carbonyl (C=O) groups is 2. The van der Waals surface area contributed by atoms with Crippen LogP contribution in [-0.4, -0.2) is 23.6 Å². The van der Waals surface area contributed by atoms with Gasteiger partial charge in [-0.25, -0.2) is 4.79 Å². The minimum absolute atomic E-state index is 0.0478. The average molecular weight is 381 g/mol. The van der Waals surface area contributed by atoms with Crippen molar-refractivity contribution < 1.29 is 19.4 Å². The molecule has 0 aliphatic rings. The number of aryl methyl sites for hydroxylation is 1. The monoisotopic (exact) mass is 381 g/mol. The van der Waals surface area contributed by atoms with Gasteiger partial charge in [-0.3, -0.25) is 4.79 Å². The van der Waals surface area contributed by atoms with E-state index in [-0.39, 0.29) is 12.5 Å². The lowest BCUT2D eigenvalue weighted by Gasteiger charge is -2.22. The molecule has 0 bridgehead atoms. The van der Waals surface area contributed by atoms with Gasteiger partial charge in [0, 0.05) is 5.69 Å². The fraction of sp³-hybridized carbons (Fsp3) is 0.286.